The lowest BCUT2D eigenvalue weighted by atomic mass is 9.38. The average Bonchev–Trinajstić information content (AvgIpc) is 2.74. The Hall–Kier alpha value is -0.120. The topological polar surface area (TPSA) is 60.7 Å². The van der Waals surface area contributed by atoms with Crippen LogP contribution in [0.4, 0.5) is 0 Å². The third-order valence-corrected chi connectivity index (χ3v) is 8.96. The summed E-state index contributed by atoms with van der Waals surface area (Å²) in [4.78, 5) is 0. The van der Waals surface area contributed by atoms with Gasteiger partial charge < -0.3 is 15.3 Å². The van der Waals surface area contributed by atoms with Crippen molar-refractivity contribution in [1.82, 2.24) is 0 Å². The van der Waals surface area contributed by atoms with Crippen LogP contribution in [-0.4, -0.2) is 33.1 Å². The third-order valence-electron chi connectivity index (χ3n) is 8.96. The summed E-state index contributed by atoms with van der Waals surface area (Å²) in [6.07, 6.45) is 5.92. The van der Waals surface area contributed by atoms with E-state index in [1.807, 2.05) is 6.92 Å². The van der Waals surface area contributed by atoms with Crippen molar-refractivity contribution in [1.29, 1.82) is 0 Å². The second-order valence-corrected chi connectivity index (χ2v) is 10.5. The zero-order valence-corrected chi connectivity index (χ0v) is 15.2. The van der Waals surface area contributed by atoms with Gasteiger partial charge in [-0.1, -0.05) is 20.8 Å². The molecule has 0 unspecified atom stereocenters. The van der Waals surface area contributed by atoms with Crippen LogP contribution in [0.3, 0.4) is 0 Å². The van der Waals surface area contributed by atoms with Crippen LogP contribution >= 0.6 is 0 Å². The lowest BCUT2D eigenvalue weighted by Gasteiger charge is -2.67. The Morgan fingerprint density at radius 3 is 2.22 bits per heavy atom. The molecule has 0 aromatic carbocycles. The van der Waals surface area contributed by atoms with Crippen LogP contribution in [0.1, 0.15) is 72.6 Å². The molecule has 3 N–H and O–H groups in total. The van der Waals surface area contributed by atoms with Gasteiger partial charge in [0, 0.05) is 11.8 Å². The molecule has 0 aromatic heterocycles. The molecule has 3 heteroatoms. The number of aliphatic hydroxyl groups excluding tert-OH is 2. The first-order valence-corrected chi connectivity index (χ1v) is 9.61. The Labute approximate surface area is 140 Å². The normalized spacial score (nSPS) is 60.9. The maximum Gasteiger partial charge on any atom is 0.0672 e. The van der Waals surface area contributed by atoms with E-state index in [4.69, 9.17) is 0 Å². The van der Waals surface area contributed by atoms with Crippen molar-refractivity contribution < 1.29 is 15.3 Å². The standard InChI is InChI=1S/C20H34O3/c1-17(2)9-14(21)10-18(3)15(17)6-5-12-7-13-8-20(12,18)16(22)11-19(13,4)23/h12-16,21-23H,5-11H2,1-4H3/t12-,13-,14-,15-,16-,18-,19-,20+/m0/s1. The number of hydrogen-bond acceptors (Lipinski definition) is 3. The summed E-state index contributed by atoms with van der Waals surface area (Å²) in [5.41, 5.74) is -0.705. The van der Waals surface area contributed by atoms with E-state index >= 15 is 0 Å². The molecule has 132 valence electrons. The second-order valence-electron chi connectivity index (χ2n) is 10.5. The minimum Gasteiger partial charge on any atom is -0.393 e. The molecule has 0 saturated heterocycles. The minimum atomic E-state index is -0.726. The molecular formula is C20H34O3. The molecule has 4 saturated carbocycles. The van der Waals surface area contributed by atoms with Crippen LogP contribution in [-0.2, 0) is 0 Å². The Morgan fingerprint density at radius 2 is 1.52 bits per heavy atom. The first-order chi connectivity index (χ1) is 10.5. The van der Waals surface area contributed by atoms with Crippen LogP contribution in [0.15, 0.2) is 0 Å². The molecule has 1 spiro atoms. The van der Waals surface area contributed by atoms with Gasteiger partial charge >= 0.3 is 0 Å². The summed E-state index contributed by atoms with van der Waals surface area (Å²) in [6.45, 7) is 8.91. The van der Waals surface area contributed by atoms with Crippen molar-refractivity contribution in [3.63, 3.8) is 0 Å². The van der Waals surface area contributed by atoms with Gasteiger partial charge in [-0.15, -0.1) is 0 Å². The SMILES string of the molecule is CC1(C)C[C@H](O)C[C@@]2(C)[C@H]1CC[C@H]1C[C@H]3C[C@]12[C@@H](O)C[C@]3(C)O. The molecular weight excluding hydrogens is 288 g/mol. The van der Waals surface area contributed by atoms with E-state index in [1.165, 1.54) is 12.8 Å². The average molecular weight is 322 g/mol. The lowest BCUT2D eigenvalue weighted by molar-refractivity contribution is -0.234. The van der Waals surface area contributed by atoms with Gasteiger partial charge in [0.05, 0.1) is 17.8 Å². The van der Waals surface area contributed by atoms with Crippen LogP contribution in [0.25, 0.3) is 0 Å². The quantitative estimate of drug-likeness (QED) is 0.642. The Balaban J connectivity index is 1.83. The number of hydrogen-bond donors (Lipinski definition) is 3. The highest BCUT2D eigenvalue weighted by Crippen LogP contribution is 2.75. The molecule has 0 aromatic rings. The minimum absolute atomic E-state index is 0.0122. The molecule has 2 bridgehead atoms. The molecule has 4 fully saturated rings. The first-order valence-electron chi connectivity index (χ1n) is 9.61. The maximum atomic E-state index is 11.2. The van der Waals surface area contributed by atoms with Crippen molar-refractivity contribution in [2.45, 2.75) is 90.4 Å². The van der Waals surface area contributed by atoms with Crippen LogP contribution in [0.5, 0.6) is 0 Å². The maximum absolute atomic E-state index is 11.2. The van der Waals surface area contributed by atoms with Crippen molar-refractivity contribution >= 4 is 0 Å². The largest absolute Gasteiger partial charge is 0.393 e. The van der Waals surface area contributed by atoms with Gasteiger partial charge in [0.2, 0.25) is 0 Å². The molecule has 4 rings (SSSR count). The van der Waals surface area contributed by atoms with E-state index in [1.54, 1.807) is 0 Å². The summed E-state index contributed by atoms with van der Waals surface area (Å²) >= 11 is 0. The summed E-state index contributed by atoms with van der Waals surface area (Å²) in [5.74, 6) is 1.39. The Bertz CT molecular complexity index is 513. The summed E-state index contributed by atoms with van der Waals surface area (Å²) in [7, 11) is 0. The van der Waals surface area contributed by atoms with Gasteiger partial charge in [0.1, 0.15) is 0 Å². The van der Waals surface area contributed by atoms with Gasteiger partial charge in [-0.2, -0.15) is 0 Å². The first kappa shape index (κ1) is 16.4. The highest BCUT2D eigenvalue weighted by Gasteiger charge is 2.72. The fourth-order valence-corrected chi connectivity index (χ4v) is 8.20. The molecule has 0 heterocycles. The van der Waals surface area contributed by atoms with Crippen LogP contribution in [0.2, 0.25) is 0 Å². The van der Waals surface area contributed by atoms with E-state index in [9.17, 15) is 15.3 Å². The Kier molecular flexibility index (Phi) is 3.22. The number of aliphatic hydroxyl groups is 3. The highest BCUT2D eigenvalue weighted by molar-refractivity contribution is 5.21. The fourth-order valence-electron chi connectivity index (χ4n) is 8.20. The van der Waals surface area contributed by atoms with Gasteiger partial charge in [-0.3, -0.25) is 0 Å². The van der Waals surface area contributed by atoms with Gasteiger partial charge in [0.15, 0.2) is 0 Å². The van der Waals surface area contributed by atoms with E-state index in [-0.39, 0.29) is 22.3 Å². The summed E-state index contributed by atoms with van der Waals surface area (Å²) in [5, 5.41) is 32.7. The molecule has 4 aliphatic carbocycles. The predicted octanol–water partition coefficient (Wildman–Crippen LogP) is 3.11. The lowest BCUT2D eigenvalue weighted by Crippen LogP contribution is -2.65. The second kappa shape index (κ2) is 4.53. The zero-order chi connectivity index (χ0) is 16.8. The number of rotatable bonds is 0. The van der Waals surface area contributed by atoms with E-state index in [2.05, 4.69) is 20.8 Å². The predicted molar refractivity (Wildman–Crippen MR) is 89.7 cm³/mol. The van der Waals surface area contributed by atoms with E-state index < -0.39 is 11.7 Å². The molecule has 0 amide bonds. The van der Waals surface area contributed by atoms with Crippen molar-refractivity contribution in [2.75, 3.05) is 0 Å². The zero-order valence-electron chi connectivity index (χ0n) is 15.2. The van der Waals surface area contributed by atoms with Gasteiger partial charge in [0.25, 0.3) is 0 Å². The van der Waals surface area contributed by atoms with Crippen molar-refractivity contribution in [2.24, 2.45) is 34.0 Å². The summed E-state index contributed by atoms with van der Waals surface area (Å²) in [6, 6.07) is 0. The Morgan fingerprint density at radius 1 is 0.826 bits per heavy atom. The molecule has 0 aliphatic heterocycles. The monoisotopic (exact) mass is 322 g/mol. The molecule has 8 atom stereocenters. The molecule has 23 heavy (non-hydrogen) atoms. The van der Waals surface area contributed by atoms with Crippen molar-refractivity contribution in [3.05, 3.63) is 0 Å². The molecule has 3 nitrogen and oxygen atoms in total. The van der Waals surface area contributed by atoms with Crippen LogP contribution < -0.4 is 0 Å². The van der Waals surface area contributed by atoms with Crippen molar-refractivity contribution in [3.8, 4) is 0 Å². The van der Waals surface area contributed by atoms with Crippen LogP contribution in [0, 0.1) is 34.0 Å². The number of fused-ring (bicyclic) bond motifs is 2. The fraction of sp³-hybridized carbons (Fsp3) is 1.00. The van der Waals surface area contributed by atoms with E-state index in [0.29, 0.717) is 24.2 Å². The summed E-state index contributed by atoms with van der Waals surface area (Å²) < 4.78 is 0. The highest BCUT2D eigenvalue weighted by atomic mass is 16.3. The molecule has 0 radical (unpaired) electrons. The van der Waals surface area contributed by atoms with Gasteiger partial charge in [-0.25, -0.2) is 0 Å². The van der Waals surface area contributed by atoms with E-state index in [0.717, 1.165) is 25.7 Å². The molecule has 4 aliphatic rings. The smallest absolute Gasteiger partial charge is 0.0672 e. The van der Waals surface area contributed by atoms with Gasteiger partial charge in [-0.05, 0) is 74.0 Å². The third kappa shape index (κ3) is 1.88.